The number of halogens is 1. The van der Waals surface area contributed by atoms with E-state index >= 15 is 0 Å². The third-order valence-electron chi connectivity index (χ3n) is 2.10. The largest absolute Gasteiger partial charge is 0.463 e. The molecule has 0 unspecified atom stereocenters. The van der Waals surface area contributed by atoms with Crippen LogP contribution in [0.3, 0.4) is 0 Å². The van der Waals surface area contributed by atoms with E-state index in [4.69, 9.17) is 10.3 Å². The van der Waals surface area contributed by atoms with Crippen molar-refractivity contribution >= 4 is 26.9 Å². The molecule has 3 nitrogen and oxygen atoms in total. The molecule has 0 radical (unpaired) electrons. The Kier molecular flexibility index (Phi) is 2.86. The van der Waals surface area contributed by atoms with Crippen molar-refractivity contribution in [1.29, 1.82) is 0 Å². The van der Waals surface area contributed by atoms with Crippen LogP contribution >= 0.6 is 15.9 Å². The van der Waals surface area contributed by atoms with Gasteiger partial charge in [-0.25, -0.2) is 5.90 Å². The molecule has 4 heteroatoms. The molecule has 0 atom stereocenters. The zero-order valence-electron chi connectivity index (χ0n) is 7.50. The Morgan fingerprint density at radius 3 is 3.07 bits per heavy atom. The summed E-state index contributed by atoms with van der Waals surface area (Å²) in [6.45, 7) is 0.529. The fourth-order valence-electron chi connectivity index (χ4n) is 1.38. The molecule has 74 valence electrons. The molecule has 0 saturated carbocycles. The van der Waals surface area contributed by atoms with Crippen molar-refractivity contribution in [3.63, 3.8) is 0 Å². The Labute approximate surface area is 89.9 Å². The zero-order chi connectivity index (χ0) is 9.97. The van der Waals surface area contributed by atoms with Crippen LogP contribution in [0.25, 0.3) is 11.0 Å². The highest BCUT2D eigenvalue weighted by molar-refractivity contribution is 9.10. The first-order valence-electron chi connectivity index (χ1n) is 4.28. The van der Waals surface area contributed by atoms with Crippen LogP contribution in [0.5, 0.6) is 0 Å². The number of nitrogens with two attached hydrogens (primary N) is 1. The summed E-state index contributed by atoms with van der Waals surface area (Å²) < 4.78 is 6.28. The molecular formula is C10H10BrNO2. The van der Waals surface area contributed by atoms with Crippen molar-refractivity contribution < 1.29 is 9.25 Å². The molecule has 0 saturated heterocycles. The normalized spacial score (nSPS) is 11.0. The summed E-state index contributed by atoms with van der Waals surface area (Å²) in [7, 11) is 0. The minimum atomic E-state index is 0.529. The molecule has 1 aromatic heterocycles. The maximum atomic E-state index is 5.31. The lowest BCUT2D eigenvalue weighted by Gasteiger charge is -1.99. The second-order valence-electron chi connectivity index (χ2n) is 3.03. The van der Waals surface area contributed by atoms with Crippen molar-refractivity contribution in [2.45, 2.75) is 6.42 Å². The zero-order valence-corrected chi connectivity index (χ0v) is 9.08. The molecule has 0 amide bonds. The molecule has 2 rings (SSSR count). The smallest absolute Gasteiger partial charge is 0.135 e. The molecule has 14 heavy (non-hydrogen) atoms. The van der Waals surface area contributed by atoms with Gasteiger partial charge in [0, 0.05) is 5.39 Å². The predicted octanol–water partition coefficient (Wildman–Crippen LogP) is 2.63. The summed E-state index contributed by atoms with van der Waals surface area (Å²) in [6, 6.07) is 6.03. The van der Waals surface area contributed by atoms with E-state index in [9.17, 15) is 0 Å². The van der Waals surface area contributed by atoms with Gasteiger partial charge in [-0.2, -0.15) is 0 Å². The number of benzene rings is 1. The highest BCUT2D eigenvalue weighted by Crippen LogP contribution is 2.26. The quantitative estimate of drug-likeness (QED) is 0.858. The molecule has 0 aliphatic rings. The highest BCUT2D eigenvalue weighted by atomic mass is 79.9. The lowest BCUT2D eigenvalue weighted by molar-refractivity contribution is 0.141. The topological polar surface area (TPSA) is 48.4 Å². The predicted molar refractivity (Wildman–Crippen MR) is 57.8 cm³/mol. The van der Waals surface area contributed by atoms with Crippen LogP contribution in [-0.4, -0.2) is 6.61 Å². The van der Waals surface area contributed by atoms with Gasteiger partial charge in [0.2, 0.25) is 0 Å². The van der Waals surface area contributed by atoms with E-state index in [2.05, 4.69) is 26.8 Å². The molecule has 2 N–H and O–H groups in total. The van der Waals surface area contributed by atoms with Crippen molar-refractivity contribution in [2.24, 2.45) is 5.90 Å². The SMILES string of the molecule is NOCCc1ccc2occ(Br)c2c1. The maximum absolute atomic E-state index is 5.31. The first kappa shape index (κ1) is 9.71. The third-order valence-corrected chi connectivity index (χ3v) is 2.71. The minimum Gasteiger partial charge on any atom is -0.463 e. The molecular weight excluding hydrogens is 246 g/mol. The first-order chi connectivity index (χ1) is 6.81. The van der Waals surface area contributed by atoms with E-state index in [1.54, 1.807) is 6.26 Å². The van der Waals surface area contributed by atoms with Gasteiger partial charge < -0.3 is 9.25 Å². The van der Waals surface area contributed by atoms with Gasteiger partial charge in [-0.3, -0.25) is 0 Å². The van der Waals surface area contributed by atoms with Gasteiger partial charge in [-0.15, -0.1) is 0 Å². The molecule has 0 aliphatic carbocycles. The van der Waals surface area contributed by atoms with Gasteiger partial charge in [0.15, 0.2) is 0 Å². The fourth-order valence-corrected chi connectivity index (χ4v) is 1.78. The molecule has 0 bridgehead atoms. The van der Waals surface area contributed by atoms with Crippen LogP contribution in [0, 0.1) is 0 Å². The van der Waals surface area contributed by atoms with Crippen molar-refractivity contribution in [3.05, 3.63) is 34.5 Å². The van der Waals surface area contributed by atoms with Gasteiger partial charge >= 0.3 is 0 Å². The van der Waals surface area contributed by atoms with Crippen molar-refractivity contribution in [1.82, 2.24) is 0 Å². The summed E-state index contributed by atoms with van der Waals surface area (Å²) in [5.74, 6) is 4.97. The van der Waals surface area contributed by atoms with Crippen molar-refractivity contribution in [2.75, 3.05) is 6.61 Å². The highest BCUT2D eigenvalue weighted by Gasteiger charge is 2.03. The Balaban J connectivity index is 2.34. The number of hydrogen-bond acceptors (Lipinski definition) is 3. The Bertz CT molecular complexity index is 439. The average molecular weight is 256 g/mol. The lowest BCUT2D eigenvalue weighted by atomic mass is 10.1. The average Bonchev–Trinajstić information content (AvgIpc) is 2.57. The maximum Gasteiger partial charge on any atom is 0.135 e. The van der Waals surface area contributed by atoms with Crippen LogP contribution < -0.4 is 5.90 Å². The number of rotatable bonds is 3. The number of fused-ring (bicyclic) bond motifs is 1. The van der Waals surface area contributed by atoms with Gasteiger partial charge in [-0.05, 0) is 40.0 Å². The molecule has 0 aliphatic heterocycles. The molecule has 1 aromatic carbocycles. The van der Waals surface area contributed by atoms with E-state index in [1.807, 2.05) is 12.1 Å². The summed E-state index contributed by atoms with van der Waals surface area (Å²) in [5.41, 5.74) is 2.07. The number of hydrogen-bond donors (Lipinski definition) is 1. The molecule has 0 spiro atoms. The lowest BCUT2D eigenvalue weighted by Crippen LogP contribution is -2.03. The Morgan fingerprint density at radius 2 is 2.29 bits per heavy atom. The van der Waals surface area contributed by atoms with Crippen LogP contribution in [0.1, 0.15) is 5.56 Å². The monoisotopic (exact) mass is 255 g/mol. The first-order valence-corrected chi connectivity index (χ1v) is 5.08. The van der Waals surface area contributed by atoms with Crippen LogP contribution in [0.2, 0.25) is 0 Å². The Hall–Kier alpha value is -0.840. The van der Waals surface area contributed by atoms with E-state index in [-0.39, 0.29) is 0 Å². The minimum absolute atomic E-state index is 0.529. The summed E-state index contributed by atoms with van der Waals surface area (Å²) >= 11 is 3.42. The van der Waals surface area contributed by atoms with Crippen LogP contribution in [0.15, 0.2) is 33.4 Å². The van der Waals surface area contributed by atoms with Gasteiger partial charge in [0.1, 0.15) is 11.8 Å². The number of furan rings is 1. The van der Waals surface area contributed by atoms with Gasteiger partial charge in [0.05, 0.1) is 11.1 Å². The van der Waals surface area contributed by atoms with Crippen LogP contribution in [0.4, 0.5) is 0 Å². The third kappa shape index (κ3) is 1.82. The standard InChI is InChI=1S/C10H10BrNO2/c11-9-6-13-10-2-1-7(3-4-14-12)5-8(9)10/h1-2,5-6H,3-4,12H2. The van der Waals surface area contributed by atoms with E-state index in [0.717, 1.165) is 21.9 Å². The summed E-state index contributed by atoms with van der Waals surface area (Å²) in [5, 5.41) is 1.08. The van der Waals surface area contributed by atoms with E-state index < -0.39 is 0 Å². The molecule has 2 aromatic rings. The van der Waals surface area contributed by atoms with E-state index in [1.165, 1.54) is 5.56 Å². The van der Waals surface area contributed by atoms with Gasteiger partial charge in [0.25, 0.3) is 0 Å². The second kappa shape index (κ2) is 4.13. The Morgan fingerprint density at radius 1 is 1.43 bits per heavy atom. The van der Waals surface area contributed by atoms with Gasteiger partial charge in [-0.1, -0.05) is 6.07 Å². The second-order valence-corrected chi connectivity index (χ2v) is 3.89. The fraction of sp³-hybridized carbons (Fsp3) is 0.200. The van der Waals surface area contributed by atoms with Crippen LogP contribution in [-0.2, 0) is 11.3 Å². The van der Waals surface area contributed by atoms with E-state index in [0.29, 0.717) is 6.61 Å². The molecule has 1 heterocycles. The summed E-state index contributed by atoms with van der Waals surface area (Å²) in [4.78, 5) is 4.53. The molecule has 0 fully saturated rings. The summed E-state index contributed by atoms with van der Waals surface area (Å²) in [6.07, 6.45) is 2.50. The van der Waals surface area contributed by atoms with Crippen molar-refractivity contribution in [3.8, 4) is 0 Å².